The molecule has 2 rings (SSSR count). The molecule has 0 atom stereocenters. The smallest absolute Gasteiger partial charge is 0.129 e. The second kappa shape index (κ2) is 6.37. The van der Waals surface area contributed by atoms with Crippen LogP contribution in [0.25, 0.3) is 0 Å². The number of halogens is 2. The molecule has 100 valence electrons. The molecule has 6 heteroatoms. The summed E-state index contributed by atoms with van der Waals surface area (Å²) in [5, 5.41) is 1.02. The van der Waals surface area contributed by atoms with Crippen molar-refractivity contribution in [2.24, 2.45) is 0 Å². The Bertz CT molecular complexity index is 593. The molecule has 1 heterocycles. The van der Waals surface area contributed by atoms with Gasteiger partial charge in [-0.15, -0.1) is 11.8 Å². The van der Waals surface area contributed by atoms with Crippen LogP contribution in [0.2, 0.25) is 10.2 Å². The molecule has 0 saturated carbocycles. The standard InChI is InChI=1S/C13H12Cl2N2OS/c1-18-8-2-4-10(16)12(6-8)19-7-11-9(14)3-5-13(15)17-11/h2-6H,7,16H2,1H3. The van der Waals surface area contributed by atoms with Crippen LogP contribution >= 0.6 is 35.0 Å². The Morgan fingerprint density at radius 3 is 2.79 bits per heavy atom. The third-order valence-corrected chi connectivity index (χ3v) is 4.11. The summed E-state index contributed by atoms with van der Waals surface area (Å²) >= 11 is 13.5. The molecule has 0 saturated heterocycles. The summed E-state index contributed by atoms with van der Waals surface area (Å²) in [5.41, 5.74) is 7.36. The highest BCUT2D eigenvalue weighted by Gasteiger charge is 2.07. The molecule has 0 amide bonds. The Balaban J connectivity index is 2.16. The quantitative estimate of drug-likeness (QED) is 0.520. The summed E-state index contributed by atoms with van der Waals surface area (Å²) in [5.74, 6) is 1.36. The molecule has 0 spiro atoms. The van der Waals surface area contributed by atoms with Gasteiger partial charge in [0.05, 0.1) is 17.8 Å². The Kier molecular flexibility index (Phi) is 4.80. The van der Waals surface area contributed by atoms with Crippen LogP contribution in [0, 0.1) is 0 Å². The molecule has 2 aromatic rings. The van der Waals surface area contributed by atoms with Gasteiger partial charge in [-0.2, -0.15) is 0 Å². The second-order valence-corrected chi connectivity index (χ2v) is 5.57. The predicted molar refractivity (Wildman–Crippen MR) is 81.2 cm³/mol. The van der Waals surface area contributed by atoms with E-state index in [1.165, 1.54) is 0 Å². The number of ether oxygens (including phenoxy) is 1. The fraction of sp³-hybridized carbons (Fsp3) is 0.154. The van der Waals surface area contributed by atoms with Gasteiger partial charge in [0, 0.05) is 16.3 Å². The lowest BCUT2D eigenvalue weighted by molar-refractivity contribution is 0.414. The number of nitrogens with two attached hydrogens (primary N) is 1. The minimum absolute atomic E-state index is 0.429. The molecule has 0 fully saturated rings. The largest absolute Gasteiger partial charge is 0.497 e. The van der Waals surface area contributed by atoms with E-state index in [1.807, 2.05) is 18.2 Å². The number of thioether (sulfide) groups is 1. The first kappa shape index (κ1) is 14.3. The number of hydrogen-bond donors (Lipinski definition) is 1. The van der Waals surface area contributed by atoms with E-state index in [0.29, 0.717) is 21.6 Å². The first-order valence-corrected chi connectivity index (χ1v) is 7.21. The summed E-state index contributed by atoms with van der Waals surface area (Å²) in [6.45, 7) is 0. The Labute approximate surface area is 126 Å². The van der Waals surface area contributed by atoms with Crippen molar-refractivity contribution < 1.29 is 4.74 Å². The van der Waals surface area contributed by atoms with Crippen LogP contribution < -0.4 is 10.5 Å². The highest BCUT2D eigenvalue weighted by atomic mass is 35.5. The van der Waals surface area contributed by atoms with Crippen LogP contribution in [-0.2, 0) is 5.75 Å². The molecule has 0 bridgehead atoms. The Hall–Kier alpha value is -1.10. The van der Waals surface area contributed by atoms with Gasteiger partial charge in [0.1, 0.15) is 10.9 Å². The molecule has 1 aromatic carbocycles. The number of methoxy groups -OCH3 is 1. The average molecular weight is 315 g/mol. The van der Waals surface area contributed by atoms with Gasteiger partial charge in [0.2, 0.25) is 0 Å². The van der Waals surface area contributed by atoms with Crippen molar-refractivity contribution in [1.29, 1.82) is 0 Å². The number of aromatic nitrogens is 1. The second-order valence-electron chi connectivity index (χ2n) is 3.75. The van der Waals surface area contributed by atoms with E-state index in [1.54, 1.807) is 31.0 Å². The Morgan fingerprint density at radius 1 is 1.26 bits per heavy atom. The molecule has 1 aromatic heterocycles. The zero-order chi connectivity index (χ0) is 13.8. The van der Waals surface area contributed by atoms with Gasteiger partial charge in [0.15, 0.2) is 0 Å². The van der Waals surface area contributed by atoms with Gasteiger partial charge < -0.3 is 10.5 Å². The first-order valence-electron chi connectivity index (χ1n) is 5.47. The summed E-state index contributed by atoms with van der Waals surface area (Å²) in [4.78, 5) is 5.13. The van der Waals surface area contributed by atoms with Crippen molar-refractivity contribution in [3.05, 3.63) is 46.2 Å². The number of benzene rings is 1. The lowest BCUT2D eigenvalue weighted by atomic mass is 10.3. The fourth-order valence-electron chi connectivity index (χ4n) is 1.47. The van der Waals surface area contributed by atoms with Crippen LogP contribution in [0.3, 0.4) is 0 Å². The zero-order valence-electron chi connectivity index (χ0n) is 10.2. The molecule has 0 aliphatic carbocycles. The van der Waals surface area contributed by atoms with Crippen LogP contribution in [0.4, 0.5) is 5.69 Å². The van der Waals surface area contributed by atoms with Crippen LogP contribution in [0.15, 0.2) is 35.2 Å². The summed E-state index contributed by atoms with van der Waals surface area (Å²) < 4.78 is 5.17. The third-order valence-electron chi connectivity index (χ3n) is 2.47. The van der Waals surface area contributed by atoms with E-state index in [4.69, 9.17) is 33.7 Å². The third kappa shape index (κ3) is 3.69. The molecule has 0 aliphatic heterocycles. The Morgan fingerprint density at radius 2 is 2.05 bits per heavy atom. The van der Waals surface area contributed by atoms with E-state index < -0.39 is 0 Å². The van der Waals surface area contributed by atoms with E-state index >= 15 is 0 Å². The van der Waals surface area contributed by atoms with Crippen LogP contribution in [0.5, 0.6) is 5.75 Å². The SMILES string of the molecule is COc1ccc(N)c(SCc2nc(Cl)ccc2Cl)c1. The van der Waals surface area contributed by atoms with E-state index in [9.17, 15) is 0 Å². The van der Waals surface area contributed by atoms with E-state index in [0.717, 1.165) is 16.3 Å². The minimum Gasteiger partial charge on any atom is -0.497 e. The van der Waals surface area contributed by atoms with E-state index in [-0.39, 0.29) is 0 Å². The molecule has 2 N–H and O–H groups in total. The van der Waals surface area contributed by atoms with Gasteiger partial charge in [-0.1, -0.05) is 23.2 Å². The minimum atomic E-state index is 0.429. The maximum atomic E-state index is 6.07. The number of nitrogens with zero attached hydrogens (tertiary/aromatic N) is 1. The van der Waals surface area contributed by atoms with Crippen molar-refractivity contribution >= 4 is 40.7 Å². The van der Waals surface area contributed by atoms with Gasteiger partial charge in [-0.05, 0) is 30.3 Å². The summed E-state index contributed by atoms with van der Waals surface area (Å²) in [6.07, 6.45) is 0. The molecule has 3 nitrogen and oxygen atoms in total. The molecule has 19 heavy (non-hydrogen) atoms. The summed E-state index contributed by atoms with van der Waals surface area (Å²) in [6, 6.07) is 8.93. The van der Waals surface area contributed by atoms with Crippen molar-refractivity contribution in [1.82, 2.24) is 4.98 Å². The maximum absolute atomic E-state index is 6.07. The fourth-order valence-corrected chi connectivity index (χ4v) is 2.83. The molecular weight excluding hydrogens is 303 g/mol. The number of rotatable bonds is 4. The monoisotopic (exact) mass is 314 g/mol. The molecule has 0 radical (unpaired) electrons. The lowest BCUT2D eigenvalue weighted by Gasteiger charge is -2.08. The van der Waals surface area contributed by atoms with Crippen molar-refractivity contribution in [3.8, 4) is 5.75 Å². The summed E-state index contributed by atoms with van der Waals surface area (Å²) in [7, 11) is 1.62. The van der Waals surface area contributed by atoms with Crippen molar-refractivity contribution in [2.75, 3.05) is 12.8 Å². The average Bonchev–Trinajstić information content (AvgIpc) is 2.41. The van der Waals surface area contributed by atoms with Gasteiger partial charge in [0.25, 0.3) is 0 Å². The lowest BCUT2D eigenvalue weighted by Crippen LogP contribution is -1.93. The molecular formula is C13H12Cl2N2OS. The zero-order valence-corrected chi connectivity index (χ0v) is 12.5. The van der Waals surface area contributed by atoms with E-state index in [2.05, 4.69) is 4.98 Å². The van der Waals surface area contributed by atoms with Gasteiger partial charge in [-0.3, -0.25) is 0 Å². The predicted octanol–water partition coefficient (Wildman–Crippen LogP) is 4.27. The number of pyridine rings is 1. The molecule has 0 aliphatic rings. The van der Waals surface area contributed by atoms with Crippen molar-refractivity contribution in [3.63, 3.8) is 0 Å². The normalized spacial score (nSPS) is 10.5. The van der Waals surface area contributed by atoms with Gasteiger partial charge in [-0.25, -0.2) is 4.98 Å². The van der Waals surface area contributed by atoms with Crippen LogP contribution in [0.1, 0.15) is 5.69 Å². The maximum Gasteiger partial charge on any atom is 0.129 e. The van der Waals surface area contributed by atoms with Gasteiger partial charge >= 0.3 is 0 Å². The first-order chi connectivity index (χ1) is 9.10. The highest BCUT2D eigenvalue weighted by Crippen LogP contribution is 2.32. The number of anilines is 1. The topological polar surface area (TPSA) is 48.1 Å². The number of nitrogen functional groups attached to an aromatic ring is 1. The highest BCUT2D eigenvalue weighted by molar-refractivity contribution is 7.98. The van der Waals surface area contributed by atoms with Crippen molar-refractivity contribution in [2.45, 2.75) is 10.6 Å². The van der Waals surface area contributed by atoms with Crippen LogP contribution in [-0.4, -0.2) is 12.1 Å². The number of hydrogen-bond acceptors (Lipinski definition) is 4. The molecule has 0 unspecified atom stereocenters.